The van der Waals surface area contributed by atoms with Gasteiger partial charge in [0.15, 0.2) is 0 Å². The largest absolute Gasteiger partial charge is 0.495 e. The van der Waals surface area contributed by atoms with E-state index in [9.17, 15) is 9.18 Å². The number of halogens is 1. The second-order valence-corrected chi connectivity index (χ2v) is 5.86. The number of rotatable bonds is 2. The van der Waals surface area contributed by atoms with Gasteiger partial charge >= 0.3 is 0 Å². The van der Waals surface area contributed by atoms with Crippen LogP contribution in [0.15, 0.2) is 23.0 Å². The Morgan fingerprint density at radius 1 is 1.36 bits per heavy atom. The lowest BCUT2D eigenvalue weighted by Gasteiger charge is -2.18. The third-order valence-electron chi connectivity index (χ3n) is 3.30. The summed E-state index contributed by atoms with van der Waals surface area (Å²) in [5.74, 6) is -0.475. The van der Waals surface area contributed by atoms with E-state index in [-0.39, 0.29) is 28.1 Å². The van der Waals surface area contributed by atoms with Crippen LogP contribution in [0.5, 0.6) is 5.75 Å². The molecule has 2 aromatic rings. The third kappa shape index (κ3) is 2.70. The molecule has 0 unspecified atom stereocenters. The average Bonchev–Trinajstić information content (AvgIpc) is 2.46. The molecule has 1 aromatic carbocycles. The monoisotopic (exact) mass is 301 g/mol. The maximum absolute atomic E-state index is 14.2. The van der Waals surface area contributed by atoms with Crippen LogP contribution in [0.2, 0.25) is 0 Å². The number of ether oxygens (including phenoxy) is 1. The van der Waals surface area contributed by atoms with Crippen molar-refractivity contribution >= 4 is 0 Å². The molecule has 0 saturated heterocycles. The molecule has 2 rings (SSSR count). The van der Waals surface area contributed by atoms with Gasteiger partial charge in [-0.1, -0.05) is 20.8 Å². The molecule has 0 bridgehead atoms. The molecule has 0 radical (unpaired) electrons. The summed E-state index contributed by atoms with van der Waals surface area (Å²) in [6.45, 7) is 5.63. The lowest BCUT2D eigenvalue weighted by molar-refractivity contribution is 0.412. The summed E-state index contributed by atoms with van der Waals surface area (Å²) in [7, 11) is 1.36. The van der Waals surface area contributed by atoms with Crippen molar-refractivity contribution in [2.75, 3.05) is 7.11 Å². The zero-order valence-electron chi connectivity index (χ0n) is 12.8. The second-order valence-electron chi connectivity index (χ2n) is 5.86. The summed E-state index contributed by atoms with van der Waals surface area (Å²) in [6, 6.07) is 6.00. The fraction of sp³-hybridized carbons (Fsp3) is 0.312. The zero-order chi connectivity index (χ0) is 16.5. The van der Waals surface area contributed by atoms with Gasteiger partial charge in [0.25, 0.3) is 5.56 Å². The van der Waals surface area contributed by atoms with Crippen molar-refractivity contribution < 1.29 is 9.13 Å². The molecule has 6 heteroatoms. The van der Waals surface area contributed by atoms with Gasteiger partial charge in [-0.25, -0.2) is 9.49 Å². The van der Waals surface area contributed by atoms with Crippen molar-refractivity contribution in [1.29, 1.82) is 5.26 Å². The number of aromatic amines is 1. The van der Waals surface area contributed by atoms with E-state index in [2.05, 4.69) is 10.2 Å². The molecule has 0 aliphatic heterocycles. The van der Waals surface area contributed by atoms with Crippen molar-refractivity contribution in [2.24, 2.45) is 0 Å². The van der Waals surface area contributed by atoms with E-state index in [1.807, 2.05) is 26.8 Å². The van der Waals surface area contributed by atoms with E-state index in [0.717, 1.165) is 0 Å². The van der Waals surface area contributed by atoms with Gasteiger partial charge < -0.3 is 4.74 Å². The van der Waals surface area contributed by atoms with E-state index in [1.165, 1.54) is 25.3 Å². The molecule has 0 spiro atoms. The van der Waals surface area contributed by atoms with Crippen molar-refractivity contribution in [1.82, 2.24) is 10.2 Å². The Bertz CT molecular complexity index is 814. The Morgan fingerprint density at radius 2 is 2.05 bits per heavy atom. The van der Waals surface area contributed by atoms with E-state index in [4.69, 9.17) is 10.00 Å². The second kappa shape index (κ2) is 5.60. The number of hydrogen-bond donors (Lipinski definition) is 1. The minimum Gasteiger partial charge on any atom is -0.495 e. The predicted octanol–water partition coefficient (Wildman–Crippen LogP) is 2.75. The minimum atomic E-state index is -0.574. The van der Waals surface area contributed by atoms with Crippen molar-refractivity contribution in [3.05, 3.63) is 45.5 Å². The van der Waals surface area contributed by atoms with Crippen LogP contribution in [0.1, 0.15) is 31.9 Å². The quantitative estimate of drug-likeness (QED) is 0.925. The summed E-state index contributed by atoms with van der Waals surface area (Å²) >= 11 is 0. The van der Waals surface area contributed by atoms with Crippen molar-refractivity contribution in [3.8, 4) is 23.1 Å². The lowest BCUT2D eigenvalue weighted by Crippen LogP contribution is -2.25. The van der Waals surface area contributed by atoms with Crippen LogP contribution in [0, 0.1) is 17.1 Å². The average molecular weight is 301 g/mol. The molecule has 1 N–H and O–H groups in total. The molecule has 0 amide bonds. The van der Waals surface area contributed by atoms with Gasteiger partial charge in [-0.05, 0) is 23.6 Å². The minimum absolute atomic E-state index is 0.0586. The van der Waals surface area contributed by atoms with Crippen molar-refractivity contribution in [3.63, 3.8) is 0 Å². The molecule has 0 aliphatic rings. The summed E-state index contributed by atoms with van der Waals surface area (Å²) in [5, 5.41) is 15.4. The number of hydrogen-bond acceptors (Lipinski definition) is 4. The highest BCUT2D eigenvalue weighted by Crippen LogP contribution is 2.35. The number of H-pyrrole nitrogens is 1. The number of nitrogens with one attached hydrogen (secondary N) is 1. The molecule has 1 aromatic heterocycles. The Hall–Kier alpha value is -2.68. The van der Waals surface area contributed by atoms with E-state index >= 15 is 0 Å². The highest BCUT2D eigenvalue weighted by molar-refractivity contribution is 5.72. The van der Waals surface area contributed by atoms with Crippen LogP contribution in [0.4, 0.5) is 4.39 Å². The first kappa shape index (κ1) is 15.7. The van der Waals surface area contributed by atoms with Gasteiger partial charge in [0.1, 0.15) is 17.6 Å². The Labute approximate surface area is 127 Å². The SMILES string of the molecule is COc1c(C#N)ccc(F)c1-c1cc(C(C)(C)C)c(=O)[nH]n1. The molecule has 0 atom stereocenters. The smallest absolute Gasteiger partial charge is 0.267 e. The molecule has 0 aliphatic carbocycles. The van der Waals surface area contributed by atoms with Gasteiger partial charge in [-0.2, -0.15) is 10.4 Å². The van der Waals surface area contributed by atoms with Crippen LogP contribution in [0.3, 0.4) is 0 Å². The van der Waals surface area contributed by atoms with E-state index in [1.54, 1.807) is 0 Å². The molecule has 1 heterocycles. The third-order valence-corrected chi connectivity index (χ3v) is 3.30. The number of benzene rings is 1. The van der Waals surface area contributed by atoms with Crippen LogP contribution < -0.4 is 10.3 Å². The van der Waals surface area contributed by atoms with Crippen LogP contribution in [-0.2, 0) is 5.41 Å². The Kier molecular flexibility index (Phi) is 4.00. The highest BCUT2D eigenvalue weighted by atomic mass is 19.1. The molecule has 114 valence electrons. The predicted molar refractivity (Wildman–Crippen MR) is 80.2 cm³/mol. The van der Waals surface area contributed by atoms with Gasteiger partial charge in [-0.3, -0.25) is 4.79 Å². The summed E-state index contributed by atoms with van der Waals surface area (Å²) in [5.41, 5.74) is 0.193. The first-order chi connectivity index (χ1) is 10.3. The standard InChI is InChI=1S/C16H16FN3O2/c1-16(2,3)10-7-12(19-20-15(10)21)13-11(17)6-5-9(8-18)14(13)22-4/h5-7H,1-4H3,(H,20,21). The normalized spacial score (nSPS) is 11.1. The van der Waals surface area contributed by atoms with Crippen LogP contribution >= 0.6 is 0 Å². The number of aromatic nitrogens is 2. The molecule has 5 nitrogen and oxygen atoms in total. The van der Waals surface area contributed by atoms with Crippen LogP contribution in [-0.4, -0.2) is 17.3 Å². The molecule has 0 fully saturated rings. The lowest BCUT2D eigenvalue weighted by atomic mass is 9.87. The zero-order valence-corrected chi connectivity index (χ0v) is 12.8. The first-order valence-corrected chi connectivity index (χ1v) is 6.66. The Balaban J connectivity index is 2.79. The maximum atomic E-state index is 14.2. The fourth-order valence-electron chi connectivity index (χ4n) is 2.19. The van der Waals surface area contributed by atoms with Crippen LogP contribution in [0.25, 0.3) is 11.3 Å². The summed E-state index contributed by atoms with van der Waals surface area (Å²) in [4.78, 5) is 11.9. The summed E-state index contributed by atoms with van der Waals surface area (Å²) in [6.07, 6.45) is 0. The first-order valence-electron chi connectivity index (χ1n) is 6.66. The number of methoxy groups -OCH3 is 1. The van der Waals surface area contributed by atoms with Gasteiger partial charge in [0.05, 0.1) is 23.9 Å². The van der Waals surface area contributed by atoms with Crippen molar-refractivity contribution in [2.45, 2.75) is 26.2 Å². The fourth-order valence-corrected chi connectivity index (χ4v) is 2.19. The van der Waals surface area contributed by atoms with Gasteiger partial charge in [0.2, 0.25) is 0 Å². The van der Waals surface area contributed by atoms with E-state index in [0.29, 0.717) is 5.56 Å². The number of nitrogens with zero attached hydrogens (tertiary/aromatic N) is 2. The molecule has 22 heavy (non-hydrogen) atoms. The molecular weight excluding hydrogens is 285 g/mol. The summed E-state index contributed by atoms with van der Waals surface area (Å²) < 4.78 is 19.4. The van der Waals surface area contributed by atoms with E-state index < -0.39 is 11.2 Å². The van der Waals surface area contributed by atoms with Gasteiger partial charge in [0, 0.05) is 5.56 Å². The Morgan fingerprint density at radius 3 is 2.59 bits per heavy atom. The van der Waals surface area contributed by atoms with Gasteiger partial charge in [-0.15, -0.1) is 0 Å². The highest BCUT2D eigenvalue weighted by Gasteiger charge is 2.23. The maximum Gasteiger partial charge on any atom is 0.267 e. The number of nitriles is 1. The molecular formula is C16H16FN3O2. The topological polar surface area (TPSA) is 78.8 Å². The molecule has 0 saturated carbocycles.